The Labute approximate surface area is 101 Å². The third-order valence-electron chi connectivity index (χ3n) is 2.69. The van der Waals surface area contributed by atoms with Crippen molar-refractivity contribution in [2.24, 2.45) is 0 Å². The van der Waals surface area contributed by atoms with Crippen LogP contribution in [-0.2, 0) is 13.2 Å². The van der Waals surface area contributed by atoms with Crippen molar-refractivity contribution in [1.82, 2.24) is 9.78 Å². The highest BCUT2D eigenvalue weighted by molar-refractivity contribution is 5.29. The van der Waals surface area contributed by atoms with E-state index in [0.717, 1.165) is 17.9 Å². The molecule has 2 N–H and O–H groups in total. The van der Waals surface area contributed by atoms with E-state index < -0.39 is 0 Å². The predicted molar refractivity (Wildman–Crippen MR) is 67.8 cm³/mol. The molecule has 0 aliphatic heterocycles. The molecule has 0 saturated carbocycles. The number of aromatic nitrogens is 2. The lowest BCUT2D eigenvalue weighted by atomic mass is 10.2. The van der Waals surface area contributed by atoms with Gasteiger partial charge in [-0.15, -0.1) is 0 Å². The van der Waals surface area contributed by atoms with Crippen LogP contribution in [0.2, 0.25) is 0 Å². The molecule has 0 amide bonds. The van der Waals surface area contributed by atoms with E-state index in [0.29, 0.717) is 12.5 Å². The normalized spacial score (nSPS) is 10.5. The monoisotopic (exact) mass is 231 g/mol. The van der Waals surface area contributed by atoms with E-state index in [1.165, 1.54) is 5.56 Å². The van der Waals surface area contributed by atoms with Gasteiger partial charge < -0.3 is 10.5 Å². The molecule has 0 aliphatic rings. The Morgan fingerprint density at radius 1 is 1.29 bits per heavy atom. The van der Waals surface area contributed by atoms with E-state index in [4.69, 9.17) is 10.5 Å². The first-order chi connectivity index (χ1) is 8.19. The van der Waals surface area contributed by atoms with Gasteiger partial charge in [0.1, 0.15) is 11.6 Å². The van der Waals surface area contributed by atoms with Gasteiger partial charge >= 0.3 is 0 Å². The molecule has 0 atom stereocenters. The number of ether oxygens (including phenoxy) is 1. The minimum absolute atomic E-state index is 0.383. The van der Waals surface area contributed by atoms with E-state index in [1.807, 2.05) is 25.1 Å². The van der Waals surface area contributed by atoms with Gasteiger partial charge in [-0.1, -0.05) is 19.1 Å². The van der Waals surface area contributed by atoms with Gasteiger partial charge in [0.05, 0.1) is 0 Å². The van der Waals surface area contributed by atoms with E-state index in [1.54, 1.807) is 4.68 Å². The summed E-state index contributed by atoms with van der Waals surface area (Å²) in [6, 6.07) is 9.91. The lowest BCUT2D eigenvalue weighted by molar-refractivity contribution is 0.218. The maximum absolute atomic E-state index is 5.63. The van der Waals surface area contributed by atoms with Gasteiger partial charge in [-0.2, -0.15) is 5.10 Å². The van der Waals surface area contributed by atoms with E-state index in [2.05, 4.69) is 24.2 Å². The third kappa shape index (κ3) is 2.78. The zero-order valence-electron chi connectivity index (χ0n) is 10.2. The molecule has 0 saturated heterocycles. The van der Waals surface area contributed by atoms with Gasteiger partial charge in [-0.25, -0.2) is 4.68 Å². The van der Waals surface area contributed by atoms with Crippen LogP contribution in [0.25, 0.3) is 0 Å². The second kappa shape index (κ2) is 4.91. The van der Waals surface area contributed by atoms with Crippen LogP contribution < -0.4 is 10.5 Å². The van der Waals surface area contributed by atoms with Gasteiger partial charge in [0.25, 0.3) is 0 Å². The molecule has 0 aliphatic carbocycles. The number of hydrogen-bond donors (Lipinski definition) is 1. The van der Waals surface area contributed by atoms with Crippen molar-refractivity contribution >= 4 is 5.82 Å². The van der Waals surface area contributed by atoms with Crippen molar-refractivity contribution in [3.8, 4) is 5.75 Å². The third-order valence-corrected chi connectivity index (χ3v) is 2.69. The molecule has 2 rings (SSSR count). The largest absolute Gasteiger partial charge is 0.471 e. The molecule has 4 heteroatoms. The number of hydrogen-bond acceptors (Lipinski definition) is 3. The van der Waals surface area contributed by atoms with Gasteiger partial charge in [0, 0.05) is 11.8 Å². The molecule has 17 heavy (non-hydrogen) atoms. The number of aryl methyl sites for hydroxylation is 2. The smallest absolute Gasteiger partial charge is 0.181 e. The summed E-state index contributed by atoms with van der Waals surface area (Å²) < 4.78 is 7.37. The Kier molecular flexibility index (Phi) is 3.32. The average Bonchev–Trinajstić information content (AvgIpc) is 2.66. The Bertz CT molecular complexity index is 488. The van der Waals surface area contributed by atoms with Crippen LogP contribution in [0, 0.1) is 6.92 Å². The number of rotatable bonds is 4. The number of nitrogen functional groups attached to an aromatic ring is 1. The number of anilines is 1. The Hall–Kier alpha value is -1.97. The zero-order valence-corrected chi connectivity index (χ0v) is 10.2. The lowest BCUT2D eigenvalue weighted by Gasteiger charge is -2.08. The minimum atomic E-state index is 0.383. The summed E-state index contributed by atoms with van der Waals surface area (Å²) in [6.07, 6.45) is 1.04. The molecule has 1 heterocycles. The fourth-order valence-electron chi connectivity index (χ4n) is 1.62. The topological polar surface area (TPSA) is 53.1 Å². The summed E-state index contributed by atoms with van der Waals surface area (Å²) in [7, 11) is 0. The number of nitrogens with two attached hydrogens (primary N) is 1. The molecule has 90 valence electrons. The Balaban J connectivity index is 1.99. The van der Waals surface area contributed by atoms with Crippen molar-refractivity contribution in [3.05, 3.63) is 41.6 Å². The standard InChI is InChI=1S/C13H17N3O/c1-3-11-4-6-12(7-5-11)17-9-16-10(2)8-13(14)15-16/h4-8H,3,9H2,1-2H3,(H2,14,15). The summed E-state index contributed by atoms with van der Waals surface area (Å²) in [5.74, 6) is 1.36. The molecular formula is C13H17N3O. The fraction of sp³-hybridized carbons (Fsp3) is 0.308. The molecule has 1 aromatic carbocycles. The van der Waals surface area contributed by atoms with Crippen molar-refractivity contribution in [2.75, 3.05) is 5.73 Å². The number of nitrogens with zero attached hydrogens (tertiary/aromatic N) is 2. The Morgan fingerprint density at radius 2 is 2.00 bits per heavy atom. The highest BCUT2D eigenvalue weighted by Gasteiger charge is 2.01. The van der Waals surface area contributed by atoms with Crippen LogP contribution >= 0.6 is 0 Å². The second-order valence-corrected chi connectivity index (χ2v) is 3.98. The molecule has 0 fully saturated rings. The van der Waals surface area contributed by atoms with Gasteiger partial charge in [0.2, 0.25) is 0 Å². The van der Waals surface area contributed by atoms with Crippen LogP contribution in [0.5, 0.6) is 5.75 Å². The number of benzene rings is 1. The molecule has 0 radical (unpaired) electrons. The van der Waals surface area contributed by atoms with E-state index in [9.17, 15) is 0 Å². The fourth-order valence-corrected chi connectivity index (χ4v) is 1.62. The molecule has 4 nitrogen and oxygen atoms in total. The van der Waals surface area contributed by atoms with Crippen molar-refractivity contribution in [2.45, 2.75) is 27.0 Å². The van der Waals surface area contributed by atoms with Crippen LogP contribution in [-0.4, -0.2) is 9.78 Å². The van der Waals surface area contributed by atoms with Crippen LogP contribution in [0.3, 0.4) is 0 Å². The summed E-state index contributed by atoms with van der Waals surface area (Å²) in [5.41, 5.74) is 7.89. The van der Waals surface area contributed by atoms with Crippen LogP contribution in [0.15, 0.2) is 30.3 Å². The van der Waals surface area contributed by atoms with Gasteiger partial charge in [0.15, 0.2) is 6.73 Å². The van der Waals surface area contributed by atoms with Crippen molar-refractivity contribution in [3.63, 3.8) is 0 Å². The average molecular weight is 231 g/mol. The first-order valence-electron chi connectivity index (χ1n) is 5.70. The first-order valence-corrected chi connectivity index (χ1v) is 5.70. The first kappa shape index (κ1) is 11.5. The SMILES string of the molecule is CCc1ccc(OCn2nc(N)cc2C)cc1. The van der Waals surface area contributed by atoms with Crippen molar-refractivity contribution in [1.29, 1.82) is 0 Å². The summed E-state index contributed by atoms with van der Waals surface area (Å²) in [5, 5.41) is 4.13. The predicted octanol–water partition coefficient (Wildman–Crippen LogP) is 2.37. The minimum Gasteiger partial charge on any atom is -0.471 e. The van der Waals surface area contributed by atoms with Crippen LogP contribution in [0.4, 0.5) is 5.82 Å². The van der Waals surface area contributed by atoms with Gasteiger partial charge in [-0.3, -0.25) is 0 Å². The maximum atomic E-state index is 5.63. The summed E-state index contributed by atoms with van der Waals surface area (Å²) in [4.78, 5) is 0. The highest BCUT2D eigenvalue weighted by Crippen LogP contribution is 2.13. The lowest BCUT2D eigenvalue weighted by Crippen LogP contribution is -2.08. The maximum Gasteiger partial charge on any atom is 0.181 e. The molecule has 0 bridgehead atoms. The zero-order chi connectivity index (χ0) is 12.3. The molecule has 0 unspecified atom stereocenters. The van der Waals surface area contributed by atoms with E-state index in [-0.39, 0.29) is 0 Å². The quantitative estimate of drug-likeness (QED) is 0.878. The van der Waals surface area contributed by atoms with Crippen molar-refractivity contribution < 1.29 is 4.74 Å². The van der Waals surface area contributed by atoms with E-state index >= 15 is 0 Å². The second-order valence-electron chi connectivity index (χ2n) is 3.98. The summed E-state index contributed by atoms with van der Waals surface area (Å²) in [6.45, 7) is 4.47. The summed E-state index contributed by atoms with van der Waals surface area (Å²) >= 11 is 0. The highest BCUT2D eigenvalue weighted by atomic mass is 16.5. The molecular weight excluding hydrogens is 214 g/mol. The molecule has 0 spiro atoms. The Morgan fingerprint density at radius 3 is 2.53 bits per heavy atom. The molecule has 1 aromatic heterocycles. The van der Waals surface area contributed by atoms with Gasteiger partial charge in [-0.05, 0) is 31.0 Å². The molecule has 2 aromatic rings. The van der Waals surface area contributed by atoms with Crippen LogP contribution in [0.1, 0.15) is 18.2 Å².